The van der Waals surface area contributed by atoms with Gasteiger partial charge in [0.2, 0.25) is 6.41 Å². The minimum Gasteiger partial charge on any atom is -0.477 e. The van der Waals surface area contributed by atoms with Crippen molar-refractivity contribution in [2.24, 2.45) is 5.41 Å². The molecule has 0 bridgehead atoms. The molecule has 3 heterocycles. The van der Waals surface area contributed by atoms with Crippen molar-refractivity contribution in [3.63, 3.8) is 0 Å². The van der Waals surface area contributed by atoms with E-state index in [1.165, 1.54) is 32.1 Å². The van der Waals surface area contributed by atoms with Gasteiger partial charge in [-0.05, 0) is 60.3 Å². The van der Waals surface area contributed by atoms with E-state index in [1.807, 2.05) is 48.6 Å². The second kappa shape index (κ2) is 23.6. The van der Waals surface area contributed by atoms with Crippen LogP contribution in [-0.2, 0) is 14.3 Å². The van der Waals surface area contributed by atoms with Crippen LogP contribution in [0.5, 0.6) is 0 Å². The third kappa shape index (κ3) is 17.8. The molecule has 1 aromatic heterocycles. The van der Waals surface area contributed by atoms with Gasteiger partial charge in [-0.2, -0.15) is 0 Å². The normalized spacial score (nSPS) is 18.7. The first-order valence-corrected chi connectivity index (χ1v) is 16.2. The summed E-state index contributed by atoms with van der Waals surface area (Å²) in [4.78, 5) is 37.6. The summed E-state index contributed by atoms with van der Waals surface area (Å²) < 4.78 is 4.85. The fourth-order valence-electron chi connectivity index (χ4n) is 4.20. The molecule has 0 aliphatic carbocycles. The molecule has 2 aliphatic rings. The summed E-state index contributed by atoms with van der Waals surface area (Å²) in [6.45, 7) is 20.3. The van der Waals surface area contributed by atoms with E-state index < -0.39 is 5.97 Å². The Labute approximate surface area is 265 Å². The first kappa shape index (κ1) is 42.3. The number of hydrogen-bond donors (Lipinski definition) is 2. The molecule has 0 saturated carbocycles. The number of nitrogens with zero attached hydrogens (tertiary/aromatic N) is 2. The maximum Gasteiger partial charge on any atom is 0.348 e. The van der Waals surface area contributed by atoms with E-state index in [-0.39, 0.29) is 21.9 Å². The lowest BCUT2D eigenvalue weighted by Gasteiger charge is -2.24. The monoisotopic (exact) mass is 619 g/mol. The molecule has 0 spiro atoms. The first-order chi connectivity index (χ1) is 20.4. The average molecular weight is 620 g/mol. The molecule has 3 rings (SSSR count). The van der Waals surface area contributed by atoms with Crippen LogP contribution in [0.3, 0.4) is 0 Å². The van der Waals surface area contributed by atoms with Gasteiger partial charge in [-0.3, -0.25) is 9.59 Å². The van der Waals surface area contributed by atoms with Crippen molar-refractivity contribution in [1.82, 2.24) is 10.2 Å². The molecule has 1 amide bonds. The van der Waals surface area contributed by atoms with E-state index in [2.05, 4.69) is 48.8 Å². The Hall–Kier alpha value is -2.85. The summed E-state index contributed by atoms with van der Waals surface area (Å²) in [6, 6.07) is 1.73. The smallest absolute Gasteiger partial charge is 0.348 e. The Morgan fingerprint density at radius 1 is 1.23 bits per heavy atom. The second-order valence-electron chi connectivity index (χ2n) is 11.5. The number of likely N-dealkylation sites (N-methyl/N-ethyl adjacent to an activating group) is 1. The molecule has 244 valence electrons. The highest BCUT2D eigenvalue weighted by Crippen LogP contribution is 2.32. The molecule has 0 aromatic carbocycles. The van der Waals surface area contributed by atoms with Crippen LogP contribution >= 0.6 is 11.3 Å². The minimum atomic E-state index is -1.02. The number of carboxylic acid groups (broad SMARTS) is 1. The van der Waals surface area contributed by atoms with Gasteiger partial charge < -0.3 is 25.0 Å². The molecule has 2 fully saturated rings. The van der Waals surface area contributed by atoms with E-state index in [0.29, 0.717) is 17.0 Å². The number of likely N-dealkylation sites (tertiary alicyclic amines) is 1. The number of hydrogen-bond acceptors (Lipinski definition) is 7. The fourth-order valence-corrected chi connectivity index (χ4v) is 5.05. The number of terminal acetylenes is 1. The number of ether oxygens (including phenoxy) is 1. The molecule has 0 radical (unpaired) electrons. The number of rotatable bonds is 10. The molecule has 2 aliphatic heterocycles. The van der Waals surface area contributed by atoms with Crippen LogP contribution in [0.4, 0.5) is 5.69 Å². The zero-order chi connectivity index (χ0) is 33.5. The fraction of sp³-hybridized carbons (Fsp3) is 0.676. The van der Waals surface area contributed by atoms with E-state index in [4.69, 9.17) is 4.74 Å². The van der Waals surface area contributed by atoms with Crippen LogP contribution in [0.25, 0.3) is 0 Å². The molecule has 2 N–H and O–H groups in total. The van der Waals surface area contributed by atoms with Crippen molar-refractivity contribution in [2.45, 2.75) is 112 Å². The highest BCUT2D eigenvalue weighted by molar-refractivity contribution is 7.15. The number of aromatic carboxylic acids is 1. The summed E-state index contributed by atoms with van der Waals surface area (Å²) in [5.74, 6) is 5.11. The molecular formula is C34H57N3O5S. The minimum absolute atomic E-state index is 0.00799. The lowest BCUT2D eigenvalue weighted by Crippen LogP contribution is -2.36. The number of carboxylic acids is 1. The van der Waals surface area contributed by atoms with Crippen LogP contribution in [0.2, 0.25) is 0 Å². The van der Waals surface area contributed by atoms with E-state index in [0.717, 1.165) is 56.8 Å². The van der Waals surface area contributed by atoms with Crippen LogP contribution < -0.4 is 10.2 Å². The number of anilines is 1. The van der Waals surface area contributed by atoms with Gasteiger partial charge in [-0.15, -0.1) is 24.2 Å². The highest BCUT2D eigenvalue weighted by atomic mass is 32.1. The zero-order valence-corrected chi connectivity index (χ0v) is 28.9. The Balaban J connectivity index is 0. The van der Waals surface area contributed by atoms with Crippen molar-refractivity contribution in [3.05, 3.63) is 15.8 Å². The topological polar surface area (TPSA) is 99.2 Å². The Bertz CT molecular complexity index is 993. The van der Waals surface area contributed by atoms with Gasteiger partial charge in [0, 0.05) is 24.9 Å². The number of carbonyl (C=O) groups is 3. The lowest BCUT2D eigenvalue weighted by molar-refractivity contribution is -0.140. The number of unbranched alkanes of at least 4 members (excludes halogenated alkanes) is 4. The second-order valence-corrected chi connectivity index (χ2v) is 12.6. The molecule has 2 saturated heterocycles. The molecular weight excluding hydrogens is 562 g/mol. The molecule has 2 unspecified atom stereocenters. The third-order valence-electron chi connectivity index (χ3n) is 6.49. The van der Waals surface area contributed by atoms with Crippen molar-refractivity contribution in [3.8, 4) is 24.7 Å². The van der Waals surface area contributed by atoms with Crippen molar-refractivity contribution in [2.75, 3.05) is 38.1 Å². The molecule has 2 atom stereocenters. The predicted molar refractivity (Wildman–Crippen MR) is 181 cm³/mol. The van der Waals surface area contributed by atoms with Gasteiger partial charge in [0.15, 0.2) is 0 Å². The van der Waals surface area contributed by atoms with E-state index >= 15 is 0 Å². The van der Waals surface area contributed by atoms with Crippen molar-refractivity contribution < 1.29 is 24.2 Å². The van der Waals surface area contributed by atoms with Gasteiger partial charge in [0.25, 0.3) is 6.47 Å². The maximum absolute atomic E-state index is 11.6. The SMILES string of the molecule is C#C.CC.CC1(OC=O)CCNC1.CCCCCCC.CN1CCC(N(C=O)c2cc(C#CC(C)(C)C)sc2C(=O)O)C1. The number of carbonyl (C=O) groups excluding carboxylic acids is 2. The van der Waals surface area contributed by atoms with Gasteiger partial charge in [0.1, 0.15) is 10.5 Å². The average Bonchev–Trinajstić information content (AvgIpc) is 3.72. The number of amides is 1. The van der Waals surface area contributed by atoms with Crippen LogP contribution in [0, 0.1) is 30.1 Å². The quantitative estimate of drug-likeness (QED) is 0.171. The Morgan fingerprint density at radius 3 is 2.23 bits per heavy atom. The summed E-state index contributed by atoms with van der Waals surface area (Å²) >= 11 is 1.12. The molecule has 9 heteroatoms. The molecule has 43 heavy (non-hydrogen) atoms. The largest absolute Gasteiger partial charge is 0.477 e. The van der Waals surface area contributed by atoms with Crippen molar-refractivity contribution >= 4 is 35.9 Å². The Kier molecular flexibility index (Phi) is 23.2. The van der Waals surface area contributed by atoms with E-state index in [9.17, 15) is 19.5 Å². The third-order valence-corrected chi connectivity index (χ3v) is 7.52. The zero-order valence-electron chi connectivity index (χ0n) is 28.1. The van der Waals surface area contributed by atoms with Gasteiger partial charge in [-0.1, -0.05) is 71.6 Å². The van der Waals surface area contributed by atoms with E-state index in [1.54, 1.807) is 11.0 Å². The van der Waals surface area contributed by atoms with Crippen LogP contribution in [0.15, 0.2) is 6.07 Å². The van der Waals surface area contributed by atoms with Gasteiger partial charge in [-0.25, -0.2) is 4.79 Å². The molecule has 1 aromatic rings. The number of nitrogens with one attached hydrogen (secondary N) is 1. The summed E-state index contributed by atoms with van der Waals surface area (Å²) in [6.07, 6.45) is 17.5. The summed E-state index contributed by atoms with van der Waals surface area (Å²) in [7, 11) is 1.99. The summed E-state index contributed by atoms with van der Waals surface area (Å²) in [5.41, 5.74) is 0.0596. The maximum atomic E-state index is 11.6. The Morgan fingerprint density at radius 2 is 1.84 bits per heavy atom. The standard InChI is InChI=1S/C17H22N2O3S.C7H16.C6H11NO2.C2H6.C2H2/c1-17(2,3)7-5-13-9-14(15(23-13)16(21)22)19(11-20)12-6-8-18(4)10-12;1-3-5-7-6-4-2;1-6(9-5-8)2-3-7-4-6;2*1-2/h9,11-12H,6,8,10H2,1-4H3,(H,21,22);3-7H2,1-2H3;5,7H,2-4H2,1H3;1-2H3;1-2H. The first-order valence-electron chi connectivity index (χ1n) is 15.4. The highest BCUT2D eigenvalue weighted by Gasteiger charge is 2.30. The predicted octanol–water partition coefficient (Wildman–Crippen LogP) is 6.67. The van der Waals surface area contributed by atoms with Crippen LogP contribution in [-0.4, -0.2) is 73.7 Å². The molecule has 8 nitrogen and oxygen atoms in total. The number of thiophene rings is 1. The summed E-state index contributed by atoms with van der Waals surface area (Å²) in [5, 5.41) is 12.6. The van der Waals surface area contributed by atoms with Gasteiger partial charge >= 0.3 is 5.97 Å². The lowest BCUT2D eigenvalue weighted by atomic mass is 9.98. The van der Waals surface area contributed by atoms with Crippen molar-refractivity contribution in [1.29, 1.82) is 0 Å². The van der Waals surface area contributed by atoms with Gasteiger partial charge in [0.05, 0.1) is 16.6 Å². The van der Waals surface area contributed by atoms with Crippen LogP contribution in [0.1, 0.15) is 115 Å².